The second kappa shape index (κ2) is 9.39. The Bertz CT molecular complexity index is 2250. The Morgan fingerprint density at radius 2 is 1.37 bits per heavy atom. The molecule has 1 heteroatoms. The first-order valence-electron chi connectivity index (χ1n) is 15.2. The Morgan fingerprint density at radius 3 is 2.21 bits per heavy atom. The van der Waals surface area contributed by atoms with Crippen LogP contribution in [0.1, 0.15) is 51.1 Å². The lowest BCUT2D eigenvalue weighted by Crippen LogP contribution is -1.95. The fourth-order valence-electron chi connectivity index (χ4n) is 7.66. The highest BCUT2D eigenvalue weighted by Crippen LogP contribution is 2.50. The topological polar surface area (TPSA) is 0 Å². The molecule has 43 heavy (non-hydrogen) atoms. The first-order valence-corrected chi connectivity index (χ1v) is 16.1. The minimum absolute atomic E-state index is 0.910. The maximum atomic E-state index is 4.65. The average Bonchev–Trinajstić information content (AvgIpc) is 3.69. The zero-order chi connectivity index (χ0) is 28.7. The van der Waals surface area contributed by atoms with E-state index in [-0.39, 0.29) is 0 Å². The summed E-state index contributed by atoms with van der Waals surface area (Å²) in [5, 5.41) is 4.09. The maximum absolute atomic E-state index is 4.65. The normalized spacial score (nSPS) is 16.3. The van der Waals surface area contributed by atoms with Crippen LogP contribution in [0, 0.1) is 6.92 Å². The molecule has 0 spiro atoms. The standard InChI is InChI=1S/C42H30S/c1-25-30-14-4-3-11-28(30)24-38(25)40(42-26(2)31-15-7-8-20-39(31)43-42)29-13-9-12-27(23-29)32-21-22-37-34-17-6-5-16-33(34)36-19-10-18-35(32)41(36)37/h3-4,7-23H,1,5-6,24H2,2H3/b40-38-. The number of hydrogen-bond acceptors (Lipinski definition) is 1. The molecule has 0 nitrogen and oxygen atoms in total. The summed E-state index contributed by atoms with van der Waals surface area (Å²) in [6.45, 7) is 6.94. The molecule has 0 saturated carbocycles. The van der Waals surface area contributed by atoms with Crippen LogP contribution >= 0.6 is 11.3 Å². The summed E-state index contributed by atoms with van der Waals surface area (Å²) >= 11 is 1.91. The predicted octanol–water partition coefficient (Wildman–Crippen LogP) is 11.7. The van der Waals surface area contributed by atoms with Gasteiger partial charge in [-0.3, -0.25) is 0 Å². The minimum Gasteiger partial charge on any atom is -0.135 e. The molecule has 0 radical (unpaired) electrons. The lowest BCUT2D eigenvalue weighted by atomic mass is 9.89. The van der Waals surface area contributed by atoms with Crippen molar-refractivity contribution in [3.63, 3.8) is 0 Å². The number of aryl methyl sites for hydroxylation is 1. The molecule has 0 bridgehead atoms. The second-order valence-corrected chi connectivity index (χ2v) is 13.1. The third kappa shape index (κ3) is 3.62. The molecule has 0 saturated heterocycles. The van der Waals surface area contributed by atoms with Gasteiger partial charge in [-0.25, -0.2) is 0 Å². The fraction of sp³-hybridized carbons (Fsp3) is 0.0952. The zero-order valence-electron chi connectivity index (χ0n) is 24.2. The van der Waals surface area contributed by atoms with E-state index >= 15 is 0 Å². The molecule has 6 aromatic rings. The molecular weight excluding hydrogens is 537 g/mol. The number of hydrogen-bond donors (Lipinski definition) is 0. The molecule has 9 rings (SSSR count). The van der Waals surface area contributed by atoms with Crippen LogP contribution in [0.15, 0.2) is 127 Å². The van der Waals surface area contributed by atoms with Gasteiger partial charge in [-0.2, -0.15) is 0 Å². The number of fused-ring (bicyclic) bond motifs is 5. The van der Waals surface area contributed by atoms with Crippen LogP contribution < -0.4 is 0 Å². The van der Waals surface area contributed by atoms with E-state index in [4.69, 9.17) is 0 Å². The van der Waals surface area contributed by atoms with Gasteiger partial charge in [0.25, 0.3) is 0 Å². The monoisotopic (exact) mass is 566 g/mol. The van der Waals surface area contributed by atoms with Crippen molar-refractivity contribution in [2.75, 3.05) is 0 Å². The van der Waals surface area contributed by atoms with Gasteiger partial charge in [0, 0.05) is 15.2 Å². The molecular formula is C42H30S. The lowest BCUT2D eigenvalue weighted by Gasteiger charge is -2.16. The van der Waals surface area contributed by atoms with Gasteiger partial charge >= 0.3 is 0 Å². The van der Waals surface area contributed by atoms with Crippen molar-refractivity contribution in [1.29, 1.82) is 0 Å². The van der Waals surface area contributed by atoms with E-state index < -0.39 is 0 Å². The van der Waals surface area contributed by atoms with Crippen molar-refractivity contribution < 1.29 is 0 Å². The van der Waals surface area contributed by atoms with Crippen LogP contribution in [0.2, 0.25) is 0 Å². The van der Waals surface area contributed by atoms with Crippen molar-refractivity contribution in [3.8, 4) is 11.1 Å². The van der Waals surface area contributed by atoms with Gasteiger partial charge in [-0.05, 0) is 121 Å². The highest BCUT2D eigenvalue weighted by Gasteiger charge is 2.28. The lowest BCUT2D eigenvalue weighted by molar-refractivity contribution is 1.05. The Kier molecular flexibility index (Phi) is 5.43. The largest absolute Gasteiger partial charge is 0.135 e. The third-order valence-electron chi connectivity index (χ3n) is 9.68. The first kappa shape index (κ1) is 24.8. The van der Waals surface area contributed by atoms with E-state index in [1.807, 2.05) is 11.3 Å². The number of thiophene rings is 1. The summed E-state index contributed by atoms with van der Waals surface area (Å²) in [5.74, 6) is 0. The number of rotatable bonds is 3. The molecule has 0 amide bonds. The molecule has 1 aromatic heterocycles. The Labute approximate surface area is 256 Å². The van der Waals surface area contributed by atoms with E-state index in [0.29, 0.717) is 0 Å². The highest BCUT2D eigenvalue weighted by molar-refractivity contribution is 7.20. The van der Waals surface area contributed by atoms with Crippen LogP contribution in [-0.4, -0.2) is 0 Å². The summed E-state index contributed by atoms with van der Waals surface area (Å²) in [5.41, 5.74) is 17.3. The molecule has 5 aromatic carbocycles. The Hall–Kier alpha value is -4.72. The van der Waals surface area contributed by atoms with Gasteiger partial charge in [-0.15, -0.1) is 11.3 Å². The fourth-order valence-corrected chi connectivity index (χ4v) is 8.96. The van der Waals surface area contributed by atoms with E-state index in [2.05, 4.69) is 129 Å². The van der Waals surface area contributed by atoms with Gasteiger partial charge in [0.1, 0.15) is 0 Å². The molecule has 3 aliphatic rings. The molecule has 0 aliphatic heterocycles. The molecule has 0 N–H and O–H groups in total. The van der Waals surface area contributed by atoms with Crippen molar-refractivity contribution in [2.24, 2.45) is 0 Å². The summed E-state index contributed by atoms with van der Waals surface area (Å²) in [6, 6.07) is 38.4. The third-order valence-corrected chi connectivity index (χ3v) is 11.0. The van der Waals surface area contributed by atoms with Gasteiger partial charge in [0.05, 0.1) is 0 Å². The molecule has 204 valence electrons. The van der Waals surface area contributed by atoms with Gasteiger partial charge in [-0.1, -0.05) is 110 Å². The van der Waals surface area contributed by atoms with E-state index in [0.717, 1.165) is 24.8 Å². The Morgan fingerprint density at radius 1 is 0.674 bits per heavy atom. The first-order chi connectivity index (χ1) is 21.2. The quantitative estimate of drug-likeness (QED) is 0.200. The SMILES string of the molecule is C=C1/C(=C(/c2cccc(-c3ccc4c5c(cccc35)C3=CCCC=C34)c2)c2sc3ccccc3c2C)Cc2ccccc21. The van der Waals surface area contributed by atoms with Crippen LogP contribution in [0.5, 0.6) is 0 Å². The summed E-state index contributed by atoms with van der Waals surface area (Å²) in [4.78, 5) is 1.35. The number of benzene rings is 5. The van der Waals surface area contributed by atoms with Crippen LogP contribution in [-0.2, 0) is 6.42 Å². The van der Waals surface area contributed by atoms with Crippen molar-refractivity contribution in [2.45, 2.75) is 26.2 Å². The van der Waals surface area contributed by atoms with Gasteiger partial charge < -0.3 is 0 Å². The summed E-state index contributed by atoms with van der Waals surface area (Å²) in [6.07, 6.45) is 8.03. The molecule has 0 atom stereocenters. The van der Waals surface area contributed by atoms with E-state index in [1.54, 1.807) is 0 Å². The highest BCUT2D eigenvalue weighted by atomic mass is 32.1. The van der Waals surface area contributed by atoms with Crippen LogP contribution in [0.3, 0.4) is 0 Å². The zero-order valence-corrected chi connectivity index (χ0v) is 25.0. The van der Waals surface area contributed by atoms with E-state index in [1.165, 1.54) is 92.5 Å². The summed E-state index contributed by atoms with van der Waals surface area (Å²) < 4.78 is 1.34. The van der Waals surface area contributed by atoms with Crippen molar-refractivity contribution in [1.82, 2.24) is 0 Å². The predicted molar refractivity (Wildman–Crippen MR) is 186 cm³/mol. The molecule has 1 heterocycles. The van der Waals surface area contributed by atoms with Gasteiger partial charge in [0.15, 0.2) is 0 Å². The average molecular weight is 567 g/mol. The number of allylic oxidation sites excluding steroid dienone is 6. The minimum atomic E-state index is 0.910. The van der Waals surface area contributed by atoms with Crippen molar-refractivity contribution in [3.05, 3.63) is 166 Å². The maximum Gasteiger partial charge on any atom is 0.0393 e. The smallest absolute Gasteiger partial charge is 0.0393 e. The summed E-state index contributed by atoms with van der Waals surface area (Å²) in [7, 11) is 0. The van der Waals surface area contributed by atoms with Crippen LogP contribution in [0.25, 0.3) is 54.3 Å². The van der Waals surface area contributed by atoms with Gasteiger partial charge in [0.2, 0.25) is 0 Å². The van der Waals surface area contributed by atoms with E-state index in [9.17, 15) is 0 Å². The molecule has 3 aliphatic carbocycles. The molecule has 0 unspecified atom stereocenters. The van der Waals surface area contributed by atoms with Crippen LogP contribution in [0.4, 0.5) is 0 Å². The second-order valence-electron chi connectivity index (χ2n) is 12.0. The van der Waals surface area contributed by atoms with Crippen molar-refractivity contribution >= 4 is 54.5 Å². The Balaban J connectivity index is 1.27. The molecule has 0 fully saturated rings.